The number of hydrogen-bond donors (Lipinski definition) is 3. The molecule has 0 spiro atoms. The van der Waals surface area contributed by atoms with Gasteiger partial charge in [-0.15, -0.1) is 0 Å². The maximum Gasteiger partial charge on any atom is 0.335 e. The monoisotopic (exact) mass is 276 g/mol. The van der Waals surface area contributed by atoms with E-state index >= 15 is 0 Å². The van der Waals surface area contributed by atoms with Gasteiger partial charge < -0.3 is 20.1 Å². The van der Waals surface area contributed by atoms with Gasteiger partial charge in [0.15, 0.2) is 0 Å². The highest BCUT2D eigenvalue weighted by Gasteiger charge is 2.19. The van der Waals surface area contributed by atoms with Crippen LogP contribution >= 0.6 is 0 Å². The largest absolute Gasteiger partial charge is 0.506 e. The molecular weight excluding hydrogens is 264 g/mol. The molecule has 0 atom stereocenters. The number of nitrogens with one attached hydrogen (secondary N) is 1. The van der Waals surface area contributed by atoms with Crippen LogP contribution in [0.1, 0.15) is 32.2 Å². The maximum absolute atomic E-state index is 12.0. The number of carboxylic acid groups (broad SMARTS) is 1. The van der Waals surface area contributed by atoms with Gasteiger partial charge in [-0.3, -0.25) is 4.79 Å². The Bertz CT molecular complexity index is 671. The molecule has 1 aromatic heterocycles. The van der Waals surface area contributed by atoms with E-state index < -0.39 is 11.9 Å². The summed E-state index contributed by atoms with van der Waals surface area (Å²) in [6, 6.07) is 3.66. The number of nitrogens with zero attached hydrogens (tertiary/aromatic N) is 1. The van der Waals surface area contributed by atoms with E-state index in [1.165, 1.54) is 12.1 Å². The van der Waals surface area contributed by atoms with E-state index in [4.69, 9.17) is 9.63 Å². The van der Waals surface area contributed by atoms with Crippen molar-refractivity contribution in [3.8, 4) is 5.75 Å². The molecule has 0 aliphatic heterocycles. The summed E-state index contributed by atoms with van der Waals surface area (Å²) in [6.45, 7) is 3.22. The van der Waals surface area contributed by atoms with Crippen LogP contribution in [0.2, 0.25) is 0 Å². The number of phenolic OH excluding ortho intramolecular Hbond substituents is 1. The highest BCUT2D eigenvalue weighted by Crippen LogP contribution is 2.25. The van der Waals surface area contributed by atoms with E-state index in [9.17, 15) is 14.7 Å². The zero-order valence-corrected chi connectivity index (χ0v) is 10.8. The van der Waals surface area contributed by atoms with Gasteiger partial charge >= 0.3 is 5.97 Å². The van der Waals surface area contributed by atoms with Gasteiger partial charge in [-0.05, 0) is 32.0 Å². The van der Waals surface area contributed by atoms with Crippen molar-refractivity contribution in [3.63, 3.8) is 0 Å². The number of aromatic nitrogens is 1. The van der Waals surface area contributed by atoms with Crippen LogP contribution in [-0.4, -0.2) is 27.2 Å². The van der Waals surface area contributed by atoms with Crippen molar-refractivity contribution in [2.75, 3.05) is 5.32 Å². The lowest BCUT2D eigenvalue weighted by Gasteiger charge is -2.07. The lowest BCUT2D eigenvalue weighted by molar-refractivity contribution is 0.0696. The normalized spacial score (nSPS) is 10.3. The first-order chi connectivity index (χ1) is 9.40. The molecule has 0 aliphatic carbocycles. The predicted molar refractivity (Wildman–Crippen MR) is 69.0 cm³/mol. The number of carbonyl (C=O) groups is 2. The smallest absolute Gasteiger partial charge is 0.335 e. The quantitative estimate of drug-likeness (QED) is 0.738. The Balaban J connectivity index is 2.27. The molecule has 0 aliphatic rings. The third-order valence-electron chi connectivity index (χ3n) is 2.75. The molecule has 0 saturated heterocycles. The van der Waals surface area contributed by atoms with Gasteiger partial charge in [0.05, 0.1) is 16.9 Å². The number of aryl methyl sites for hydroxylation is 2. The summed E-state index contributed by atoms with van der Waals surface area (Å²) < 4.78 is 4.88. The van der Waals surface area contributed by atoms with Crippen LogP contribution in [0.15, 0.2) is 22.7 Å². The van der Waals surface area contributed by atoms with Gasteiger partial charge in [-0.2, -0.15) is 0 Å². The molecule has 7 heteroatoms. The molecule has 7 nitrogen and oxygen atoms in total. The minimum absolute atomic E-state index is 0.0714. The van der Waals surface area contributed by atoms with Gasteiger partial charge in [-0.25, -0.2) is 4.79 Å². The number of hydrogen-bond acceptors (Lipinski definition) is 5. The van der Waals surface area contributed by atoms with Gasteiger partial charge in [0.1, 0.15) is 17.1 Å². The maximum atomic E-state index is 12.0. The number of phenols is 1. The molecule has 0 bridgehead atoms. The van der Waals surface area contributed by atoms with Crippen molar-refractivity contribution in [1.29, 1.82) is 0 Å². The van der Waals surface area contributed by atoms with E-state index in [-0.39, 0.29) is 22.6 Å². The molecule has 3 N–H and O–H groups in total. The third kappa shape index (κ3) is 2.46. The van der Waals surface area contributed by atoms with Crippen molar-refractivity contribution in [2.24, 2.45) is 0 Å². The number of aromatic carboxylic acids is 1. The highest BCUT2D eigenvalue weighted by molar-refractivity contribution is 6.06. The number of carboxylic acids is 1. The number of anilines is 1. The number of rotatable bonds is 3. The molecule has 0 unspecified atom stereocenters. The fourth-order valence-corrected chi connectivity index (χ4v) is 1.76. The van der Waals surface area contributed by atoms with Crippen LogP contribution in [0.3, 0.4) is 0 Å². The lowest BCUT2D eigenvalue weighted by atomic mass is 10.1. The van der Waals surface area contributed by atoms with Crippen molar-refractivity contribution >= 4 is 17.6 Å². The summed E-state index contributed by atoms with van der Waals surface area (Å²) >= 11 is 0. The summed E-state index contributed by atoms with van der Waals surface area (Å²) in [6.07, 6.45) is 0. The van der Waals surface area contributed by atoms with Crippen LogP contribution in [0.25, 0.3) is 0 Å². The Labute approximate surface area is 113 Å². The van der Waals surface area contributed by atoms with E-state index in [1.54, 1.807) is 13.8 Å². The SMILES string of the molecule is Cc1noc(C)c1C(=O)Nc1ccc(C(=O)O)cc1O. The van der Waals surface area contributed by atoms with Crippen LogP contribution in [0.5, 0.6) is 5.75 Å². The van der Waals surface area contributed by atoms with E-state index in [2.05, 4.69) is 10.5 Å². The lowest BCUT2D eigenvalue weighted by Crippen LogP contribution is -2.14. The van der Waals surface area contributed by atoms with E-state index in [0.29, 0.717) is 11.5 Å². The average molecular weight is 276 g/mol. The van der Waals surface area contributed by atoms with Gasteiger partial charge in [-0.1, -0.05) is 5.16 Å². The zero-order chi connectivity index (χ0) is 14.9. The second-order valence-corrected chi connectivity index (χ2v) is 4.19. The summed E-state index contributed by atoms with van der Waals surface area (Å²) in [5, 5.41) is 24.6. The Morgan fingerprint density at radius 3 is 2.50 bits per heavy atom. The second kappa shape index (κ2) is 5.04. The van der Waals surface area contributed by atoms with Crippen molar-refractivity contribution in [2.45, 2.75) is 13.8 Å². The number of amides is 1. The Hall–Kier alpha value is -2.83. The fourth-order valence-electron chi connectivity index (χ4n) is 1.76. The number of aromatic hydroxyl groups is 1. The topological polar surface area (TPSA) is 113 Å². The van der Waals surface area contributed by atoms with Gasteiger partial charge in [0, 0.05) is 0 Å². The van der Waals surface area contributed by atoms with Crippen molar-refractivity contribution < 1.29 is 24.3 Å². The van der Waals surface area contributed by atoms with Crippen LogP contribution < -0.4 is 5.32 Å². The molecule has 0 fully saturated rings. The second-order valence-electron chi connectivity index (χ2n) is 4.19. The Morgan fingerprint density at radius 2 is 2.00 bits per heavy atom. The van der Waals surface area contributed by atoms with Gasteiger partial charge in [0.25, 0.3) is 5.91 Å². The van der Waals surface area contributed by atoms with E-state index in [1.807, 2.05) is 0 Å². The molecule has 104 valence electrons. The molecule has 0 saturated carbocycles. The minimum atomic E-state index is -1.16. The molecule has 2 rings (SSSR count). The number of carbonyl (C=O) groups excluding carboxylic acids is 1. The Kier molecular flexibility index (Phi) is 3.43. The molecule has 1 heterocycles. The van der Waals surface area contributed by atoms with Crippen LogP contribution in [0, 0.1) is 13.8 Å². The van der Waals surface area contributed by atoms with Crippen LogP contribution in [0.4, 0.5) is 5.69 Å². The van der Waals surface area contributed by atoms with E-state index in [0.717, 1.165) is 6.07 Å². The molecule has 2 aromatic rings. The first-order valence-electron chi connectivity index (χ1n) is 5.70. The zero-order valence-electron chi connectivity index (χ0n) is 10.8. The standard InChI is InChI=1S/C13H12N2O5/c1-6-11(7(2)20-15-6)12(17)14-9-4-3-8(13(18)19)5-10(9)16/h3-5,16H,1-2H3,(H,14,17)(H,18,19). The predicted octanol–water partition coefficient (Wildman–Crippen LogP) is 1.95. The molecular formula is C13H12N2O5. The minimum Gasteiger partial charge on any atom is -0.506 e. The highest BCUT2D eigenvalue weighted by atomic mass is 16.5. The fraction of sp³-hybridized carbons (Fsp3) is 0.154. The first kappa shape index (κ1) is 13.6. The third-order valence-corrected chi connectivity index (χ3v) is 2.75. The Morgan fingerprint density at radius 1 is 1.30 bits per heavy atom. The molecule has 1 amide bonds. The molecule has 20 heavy (non-hydrogen) atoms. The average Bonchev–Trinajstić information content (AvgIpc) is 2.71. The summed E-state index contributed by atoms with van der Waals surface area (Å²) in [5.41, 5.74) is 0.756. The summed E-state index contributed by atoms with van der Waals surface area (Å²) in [5.74, 6) is -1.62. The van der Waals surface area contributed by atoms with Crippen molar-refractivity contribution in [3.05, 3.63) is 40.8 Å². The number of benzene rings is 1. The summed E-state index contributed by atoms with van der Waals surface area (Å²) in [4.78, 5) is 22.8. The van der Waals surface area contributed by atoms with Crippen molar-refractivity contribution in [1.82, 2.24) is 5.16 Å². The molecule has 1 aromatic carbocycles. The summed E-state index contributed by atoms with van der Waals surface area (Å²) in [7, 11) is 0. The van der Waals surface area contributed by atoms with Gasteiger partial charge in [0.2, 0.25) is 0 Å². The first-order valence-corrected chi connectivity index (χ1v) is 5.70. The molecule has 0 radical (unpaired) electrons. The van der Waals surface area contributed by atoms with Crippen LogP contribution in [-0.2, 0) is 0 Å².